The highest BCUT2D eigenvalue weighted by Crippen LogP contribution is 2.15. The standard InChI is InChI=1S/C20H29NO4/c1-5-7-15-8-10-16(11-9-15)17(22)12-13-18(23)21-20(3,14-6-2)19(24)25-4/h8-11H,5-7,12-14H2,1-4H3,(H,21,23). The summed E-state index contributed by atoms with van der Waals surface area (Å²) in [6.45, 7) is 5.69. The van der Waals surface area contributed by atoms with E-state index in [-0.39, 0.29) is 24.5 Å². The topological polar surface area (TPSA) is 72.5 Å². The molecule has 0 radical (unpaired) electrons. The Kier molecular flexibility index (Phi) is 8.32. The predicted molar refractivity (Wildman–Crippen MR) is 97.5 cm³/mol. The Hall–Kier alpha value is -2.17. The van der Waals surface area contributed by atoms with Gasteiger partial charge in [-0.3, -0.25) is 9.59 Å². The van der Waals surface area contributed by atoms with Gasteiger partial charge in [-0.25, -0.2) is 4.79 Å². The second kappa shape index (κ2) is 9.97. The molecule has 138 valence electrons. The molecule has 1 aromatic rings. The summed E-state index contributed by atoms with van der Waals surface area (Å²) in [5, 5.41) is 2.71. The van der Waals surface area contributed by atoms with Gasteiger partial charge in [0.1, 0.15) is 5.54 Å². The molecule has 1 N–H and O–H groups in total. The average Bonchev–Trinajstić information content (AvgIpc) is 2.60. The highest BCUT2D eigenvalue weighted by Gasteiger charge is 2.34. The quantitative estimate of drug-likeness (QED) is 0.520. The number of aryl methyl sites for hydroxylation is 1. The summed E-state index contributed by atoms with van der Waals surface area (Å²) < 4.78 is 4.77. The van der Waals surface area contributed by atoms with Crippen LogP contribution in [0, 0.1) is 0 Å². The van der Waals surface area contributed by atoms with Crippen LogP contribution in [0.15, 0.2) is 24.3 Å². The van der Waals surface area contributed by atoms with Crippen molar-refractivity contribution in [2.45, 2.75) is 64.8 Å². The third kappa shape index (κ3) is 6.33. The van der Waals surface area contributed by atoms with E-state index in [1.54, 1.807) is 19.1 Å². The summed E-state index contributed by atoms with van der Waals surface area (Å²) in [6, 6.07) is 7.51. The minimum Gasteiger partial charge on any atom is -0.467 e. The molecular formula is C20H29NO4. The van der Waals surface area contributed by atoms with E-state index in [1.807, 2.05) is 19.1 Å². The van der Waals surface area contributed by atoms with Crippen molar-refractivity contribution in [2.75, 3.05) is 7.11 Å². The molecule has 1 aromatic carbocycles. The van der Waals surface area contributed by atoms with Crippen LogP contribution in [-0.2, 0) is 20.7 Å². The second-order valence-electron chi connectivity index (χ2n) is 6.49. The molecule has 0 aromatic heterocycles. The van der Waals surface area contributed by atoms with E-state index < -0.39 is 11.5 Å². The molecule has 5 heteroatoms. The van der Waals surface area contributed by atoms with E-state index >= 15 is 0 Å². The lowest BCUT2D eigenvalue weighted by molar-refractivity contribution is -0.150. The molecule has 0 heterocycles. The minimum atomic E-state index is -1.05. The summed E-state index contributed by atoms with van der Waals surface area (Å²) in [6.07, 6.45) is 3.42. The SMILES string of the molecule is CCCc1ccc(C(=O)CCC(=O)NC(C)(CCC)C(=O)OC)cc1. The van der Waals surface area contributed by atoms with Crippen LogP contribution in [0.25, 0.3) is 0 Å². The first-order valence-corrected chi connectivity index (χ1v) is 8.87. The zero-order chi connectivity index (χ0) is 18.9. The van der Waals surface area contributed by atoms with Gasteiger partial charge in [-0.15, -0.1) is 0 Å². The Balaban J connectivity index is 2.59. The maximum Gasteiger partial charge on any atom is 0.331 e. The molecular weight excluding hydrogens is 318 g/mol. The average molecular weight is 347 g/mol. The summed E-state index contributed by atoms with van der Waals surface area (Å²) in [4.78, 5) is 36.3. The van der Waals surface area contributed by atoms with Gasteiger partial charge in [0.25, 0.3) is 0 Å². The van der Waals surface area contributed by atoms with Crippen molar-refractivity contribution in [1.29, 1.82) is 0 Å². The van der Waals surface area contributed by atoms with Crippen molar-refractivity contribution in [2.24, 2.45) is 0 Å². The zero-order valence-electron chi connectivity index (χ0n) is 15.7. The van der Waals surface area contributed by atoms with Crippen LogP contribution in [0.1, 0.15) is 68.8 Å². The molecule has 0 saturated carbocycles. The van der Waals surface area contributed by atoms with Crippen LogP contribution in [0.5, 0.6) is 0 Å². The number of nitrogens with one attached hydrogen (secondary N) is 1. The second-order valence-corrected chi connectivity index (χ2v) is 6.49. The van der Waals surface area contributed by atoms with Crippen molar-refractivity contribution in [1.82, 2.24) is 5.32 Å². The molecule has 25 heavy (non-hydrogen) atoms. The third-order valence-electron chi connectivity index (χ3n) is 4.19. The van der Waals surface area contributed by atoms with E-state index in [0.29, 0.717) is 12.0 Å². The third-order valence-corrected chi connectivity index (χ3v) is 4.19. The molecule has 0 aliphatic carbocycles. The van der Waals surface area contributed by atoms with E-state index in [0.717, 1.165) is 19.3 Å². The first-order chi connectivity index (χ1) is 11.9. The molecule has 0 aliphatic heterocycles. The van der Waals surface area contributed by atoms with Gasteiger partial charge in [0.15, 0.2) is 5.78 Å². The van der Waals surface area contributed by atoms with E-state index in [1.165, 1.54) is 12.7 Å². The molecule has 1 amide bonds. The normalized spacial score (nSPS) is 13.0. The number of Topliss-reactive ketones (excluding diaryl/α,β-unsaturated/α-hetero) is 1. The highest BCUT2D eigenvalue weighted by molar-refractivity contribution is 5.98. The molecule has 0 bridgehead atoms. The van der Waals surface area contributed by atoms with Crippen LogP contribution < -0.4 is 5.32 Å². The van der Waals surface area contributed by atoms with Crippen molar-refractivity contribution < 1.29 is 19.1 Å². The van der Waals surface area contributed by atoms with E-state index in [2.05, 4.69) is 12.2 Å². The fraction of sp³-hybridized carbons (Fsp3) is 0.550. The maximum absolute atomic E-state index is 12.2. The fourth-order valence-corrected chi connectivity index (χ4v) is 2.83. The summed E-state index contributed by atoms with van der Waals surface area (Å²) in [5.41, 5.74) is 0.757. The number of carbonyl (C=O) groups excluding carboxylic acids is 3. The van der Waals surface area contributed by atoms with Gasteiger partial charge < -0.3 is 10.1 Å². The molecule has 5 nitrogen and oxygen atoms in total. The highest BCUT2D eigenvalue weighted by atomic mass is 16.5. The number of ketones is 1. The Morgan fingerprint density at radius 3 is 2.20 bits per heavy atom. The number of benzene rings is 1. The Morgan fingerprint density at radius 1 is 1.04 bits per heavy atom. The zero-order valence-corrected chi connectivity index (χ0v) is 15.7. The van der Waals surface area contributed by atoms with Crippen molar-refractivity contribution >= 4 is 17.7 Å². The number of hydrogen-bond donors (Lipinski definition) is 1. The van der Waals surface area contributed by atoms with Crippen LogP contribution in [0.2, 0.25) is 0 Å². The molecule has 1 rings (SSSR count). The van der Waals surface area contributed by atoms with Crippen LogP contribution in [0.4, 0.5) is 0 Å². The van der Waals surface area contributed by atoms with Gasteiger partial charge in [-0.2, -0.15) is 0 Å². The number of amides is 1. The Labute approximate surface area is 150 Å². The van der Waals surface area contributed by atoms with Crippen LogP contribution >= 0.6 is 0 Å². The van der Waals surface area contributed by atoms with Crippen molar-refractivity contribution in [3.8, 4) is 0 Å². The van der Waals surface area contributed by atoms with Crippen molar-refractivity contribution in [3.05, 3.63) is 35.4 Å². The number of rotatable bonds is 10. The number of ether oxygens (including phenoxy) is 1. The smallest absolute Gasteiger partial charge is 0.331 e. The maximum atomic E-state index is 12.2. The van der Waals surface area contributed by atoms with Gasteiger partial charge in [0, 0.05) is 18.4 Å². The fourth-order valence-electron chi connectivity index (χ4n) is 2.83. The number of hydrogen-bond acceptors (Lipinski definition) is 4. The van der Waals surface area contributed by atoms with Crippen LogP contribution in [-0.4, -0.2) is 30.3 Å². The van der Waals surface area contributed by atoms with Gasteiger partial charge in [-0.1, -0.05) is 51.0 Å². The van der Waals surface area contributed by atoms with Gasteiger partial charge >= 0.3 is 5.97 Å². The molecule has 1 unspecified atom stereocenters. The molecule has 0 saturated heterocycles. The van der Waals surface area contributed by atoms with E-state index in [9.17, 15) is 14.4 Å². The van der Waals surface area contributed by atoms with Gasteiger partial charge in [0.05, 0.1) is 7.11 Å². The molecule has 0 spiro atoms. The lowest BCUT2D eigenvalue weighted by Gasteiger charge is -2.27. The summed E-state index contributed by atoms with van der Waals surface area (Å²) in [5.74, 6) is -0.869. The molecule has 0 fully saturated rings. The summed E-state index contributed by atoms with van der Waals surface area (Å²) >= 11 is 0. The van der Waals surface area contributed by atoms with Crippen LogP contribution in [0.3, 0.4) is 0 Å². The lowest BCUT2D eigenvalue weighted by atomic mass is 9.95. The number of carbonyl (C=O) groups is 3. The van der Waals surface area contributed by atoms with Gasteiger partial charge in [-0.05, 0) is 25.3 Å². The Morgan fingerprint density at radius 2 is 1.68 bits per heavy atom. The van der Waals surface area contributed by atoms with Gasteiger partial charge in [0.2, 0.25) is 5.91 Å². The number of esters is 1. The minimum absolute atomic E-state index is 0.0475. The van der Waals surface area contributed by atoms with Crippen molar-refractivity contribution in [3.63, 3.8) is 0 Å². The first kappa shape index (κ1) is 20.9. The first-order valence-electron chi connectivity index (χ1n) is 8.87. The largest absolute Gasteiger partial charge is 0.467 e. The Bertz CT molecular complexity index is 594. The lowest BCUT2D eigenvalue weighted by Crippen LogP contribution is -2.52. The predicted octanol–water partition coefficient (Wildman–Crippen LogP) is 3.45. The number of methoxy groups -OCH3 is 1. The monoisotopic (exact) mass is 347 g/mol. The molecule has 0 aliphatic rings. The summed E-state index contributed by atoms with van der Waals surface area (Å²) in [7, 11) is 1.30. The molecule has 1 atom stereocenters. The van der Waals surface area contributed by atoms with E-state index in [4.69, 9.17) is 4.74 Å².